The van der Waals surface area contributed by atoms with E-state index in [1.54, 1.807) is 19.2 Å². The molecule has 0 aliphatic rings. The first kappa shape index (κ1) is 20.8. The zero-order chi connectivity index (χ0) is 21.6. The number of rotatable bonds is 7. The molecule has 1 aromatic heterocycles. The molecule has 3 aromatic carbocycles. The number of methoxy groups -OCH3 is 1. The predicted octanol–water partition coefficient (Wildman–Crippen LogP) is 5.15. The van der Waals surface area contributed by atoms with E-state index in [-0.39, 0.29) is 5.82 Å². The quantitative estimate of drug-likeness (QED) is 0.394. The second kappa shape index (κ2) is 9.57. The number of para-hydroxylation sites is 2. The van der Waals surface area contributed by atoms with Crippen molar-refractivity contribution in [3.63, 3.8) is 0 Å². The first-order chi connectivity index (χ1) is 15.1. The van der Waals surface area contributed by atoms with Crippen molar-refractivity contribution in [1.29, 1.82) is 0 Å². The lowest BCUT2D eigenvalue weighted by Crippen LogP contribution is -2.36. The molecule has 0 atom stereocenters. The van der Waals surface area contributed by atoms with Crippen LogP contribution in [0.4, 0.5) is 10.1 Å². The standard InChI is InChI=1S/C24H23FN4OS/c1-30-20-12-10-19(11-13-20)26-24(31)29(16-17-6-8-18(25)9-7-17)15-14-23-27-21-4-2-3-5-22(21)28-23/h2-13H,14-16H2,1H3,(H,26,31)(H,27,28). The average molecular weight is 435 g/mol. The van der Waals surface area contributed by atoms with E-state index in [0.29, 0.717) is 24.6 Å². The Morgan fingerprint density at radius 2 is 1.81 bits per heavy atom. The molecule has 4 aromatic rings. The molecule has 0 amide bonds. The van der Waals surface area contributed by atoms with Gasteiger partial charge in [0.25, 0.3) is 0 Å². The Kier molecular flexibility index (Phi) is 6.43. The first-order valence-corrected chi connectivity index (χ1v) is 10.4. The van der Waals surface area contributed by atoms with E-state index in [2.05, 4.69) is 20.2 Å². The maximum atomic E-state index is 13.3. The number of nitrogens with zero attached hydrogens (tertiary/aromatic N) is 2. The van der Waals surface area contributed by atoms with Crippen molar-refractivity contribution in [3.05, 3.63) is 90.0 Å². The molecule has 0 unspecified atom stereocenters. The van der Waals surface area contributed by atoms with Gasteiger partial charge in [-0.25, -0.2) is 9.37 Å². The lowest BCUT2D eigenvalue weighted by Gasteiger charge is -2.26. The molecule has 0 radical (unpaired) electrons. The molecule has 158 valence electrons. The number of anilines is 1. The largest absolute Gasteiger partial charge is 0.497 e. The van der Waals surface area contributed by atoms with Crippen LogP contribution in [-0.2, 0) is 13.0 Å². The molecule has 31 heavy (non-hydrogen) atoms. The summed E-state index contributed by atoms with van der Waals surface area (Å²) in [5.74, 6) is 1.43. The summed E-state index contributed by atoms with van der Waals surface area (Å²) in [5.41, 5.74) is 3.81. The molecule has 0 saturated carbocycles. The Morgan fingerprint density at radius 3 is 2.52 bits per heavy atom. The van der Waals surface area contributed by atoms with Crippen molar-refractivity contribution in [2.24, 2.45) is 0 Å². The van der Waals surface area contributed by atoms with Crippen LogP contribution >= 0.6 is 12.2 Å². The molecule has 5 nitrogen and oxygen atoms in total. The zero-order valence-corrected chi connectivity index (χ0v) is 18.0. The summed E-state index contributed by atoms with van der Waals surface area (Å²) in [6.07, 6.45) is 0.695. The van der Waals surface area contributed by atoms with Crippen LogP contribution in [0, 0.1) is 5.82 Å². The Hall–Kier alpha value is -3.45. The normalized spacial score (nSPS) is 10.8. The van der Waals surface area contributed by atoms with E-state index < -0.39 is 0 Å². The summed E-state index contributed by atoms with van der Waals surface area (Å²) in [6, 6.07) is 22.0. The van der Waals surface area contributed by atoms with Crippen LogP contribution in [0.5, 0.6) is 5.75 Å². The molecule has 0 aliphatic carbocycles. The average Bonchev–Trinajstić information content (AvgIpc) is 3.21. The number of fused-ring (bicyclic) bond motifs is 1. The second-order valence-corrected chi connectivity index (χ2v) is 7.54. The molecule has 0 saturated heterocycles. The Balaban J connectivity index is 1.49. The van der Waals surface area contributed by atoms with Crippen LogP contribution < -0.4 is 10.1 Å². The predicted molar refractivity (Wildman–Crippen MR) is 126 cm³/mol. The van der Waals surface area contributed by atoms with Crippen molar-refractivity contribution in [1.82, 2.24) is 14.9 Å². The number of nitrogens with one attached hydrogen (secondary N) is 2. The first-order valence-electron chi connectivity index (χ1n) is 9.99. The number of imidazole rings is 1. The highest BCUT2D eigenvalue weighted by Gasteiger charge is 2.13. The van der Waals surface area contributed by atoms with Crippen LogP contribution in [0.25, 0.3) is 11.0 Å². The maximum Gasteiger partial charge on any atom is 0.173 e. The summed E-state index contributed by atoms with van der Waals surface area (Å²) in [7, 11) is 1.63. The summed E-state index contributed by atoms with van der Waals surface area (Å²) < 4.78 is 18.5. The van der Waals surface area contributed by atoms with E-state index in [1.807, 2.05) is 48.5 Å². The van der Waals surface area contributed by atoms with Crippen molar-refractivity contribution in [2.45, 2.75) is 13.0 Å². The molecule has 0 spiro atoms. The SMILES string of the molecule is COc1ccc(NC(=S)N(CCc2nc3ccccc3[nH]2)Cc2ccc(F)cc2)cc1. The minimum Gasteiger partial charge on any atom is -0.497 e. The van der Waals surface area contributed by atoms with Crippen LogP contribution in [-0.4, -0.2) is 33.6 Å². The van der Waals surface area contributed by atoms with Gasteiger partial charge in [0.1, 0.15) is 17.4 Å². The van der Waals surface area contributed by atoms with Crippen molar-refractivity contribution in [2.75, 3.05) is 19.0 Å². The summed E-state index contributed by atoms with van der Waals surface area (Å²) in [4.78, 5) is 10.1. The Labute approximate surface area is 185 Å². The van der Waals surface area contributed by atoms with Crippen LogP contribution in [0.3, 0.4) is 0 Å². The molecule has 2 N–H and O–H groups in total. The number of ether oxygens (including phenoxy) is 1. The number of aromatic amines is 1. The third-order valence-corrected chi connectivity index (χ3v) is 5.33. The lowest BCUT2D eigenvalue weighted by atomic mass is 10.2. The number of benzene rings is 3. The molecule has 4 rings (SSSR count). The monoisotopic (exact) mass is 434 g/mol. The van der Waals surface area contributed by atoms with Gasteiger partial charge in [-0.15, -0.1) is 0 Å². The van der Waals surface area contributed by atoms with Gasteiger partial charge in [0, 0.05) is 25.2 Å². The number of H-pyrrole nitrogens is 1. The van der Waals surface area contributed by atoms with Gasteiger partial charge in [-0.2, -0.15) is 0 Å². The van der Waals surface area contributed by atoms with Crippen molar-refractivity contribution in [3.8, 4) is 5.75 Å². The summed E-state index contributed by atoms with van der Waals surface area (Å²) in [5, 5.41) is 3.87. The topological polar surface area (TPSA) is 53.2 Å². The zero-order valence-electron chi connectivity index (χ0n) is 17.1. The van der Waals surface area contributed by atoms with E-state index in [4.69, 9.17) is 17.0 Å². The number of aromatic nitrogens is 2. The summed E-state index contributed by atoms with van der Waals surface area (Å²) >= 11 is 5.70. The number of hydrogen-bond donors (Lipinski definition) is 2. The number of hydrogen-bond acceptors (Lipinski definition) is 3. The van der Waals surface area contributed by atoms with Gasteiger partial charge in [0.05, 0.1) is 18.1 Å². The number of thiocarbonyl (C=S) groups is 1. The van der Waals surface area contributed by atoms with Crippen molar-refractivity contribution >= 4 is 34.1 Å². The molecule has 1 heterocycles. The highest BCUT2D eigenvalue weighted by atomic mass is 32.1. The summed E-state index contributed by atoms with van der Waals surface area (Å²) in [6.45, 7) is 1.21. The van der Waals surface area contributed by atoms with Gasteiger partial charge >= 0.3 is 0 Å². The highest BCUT2D eigenvalue weighted by molar-refractivity contribution is 7.80. The van der Waals surface area contributed by atoms with Gasteiger partial charge in [0.15, 0.2) is 5.11 Å². The Bertz CT molecular complexity index is 1130. The molecule has 0 fully saturated rings. The fourth-order valence-corrected chi connectivity index (χ4v) is 3.58. The molecule has 0 aliphatic heterocycles. The third kappa shape index (κ3) is 5.38. The van der Waals surface area contributed by atoms with Gasteiger partial charge < -0.3 is 19.9 Å². The highest BCUT2D eigenvalue weighted by Crippen LogP contribution is 2.17. The molecular weight excluding hydrogens is 411 g/mol. The van der Waals surface area contributed by atoms with Gasteiger partial charge in [0.2, 0.25) is 0 Å². The Morgan fingerprint density at radius 1 is 1.06 bits per heavy atom. The van der Waals surface area contributed by atoms with Crippen LogP contribution in [0.1, 0.15) is 11.4 Å². The molecule has 7 heteroatoms. The van der Waals surface area contributed by atoms with E-state index in [0.717, 1.165) is 33.9 Å². The van der Waals surface area contributed by atoms with E-state index >= 15 is 0 Å². The lowest BCUT2D eigenvalue weighted by molar-refractivity contribution is 0.414. The second-order valence-electron chi connectivity index (χ2n) is 7.16. The fourth-order valence-electron chi connectivity index (χ4n) is 3.30. The minimum absolute atomic E-state index is 0.253. The van der Waals surface area contributed by atoms with Crippen molar-refractivity contribution < 1.29 is 9.13 Å². The molecule has 0 bridgehead atoms. The maximum absolute atomic E-state index is 13.3. The number of halogens is 1. The van der Waals surface area contributed by atoms with E-state index in [1.165, 1.54) is 12.1 Å². The minimum atomic E-state index is -0.253. The van der Waals surface area contributed by atoms with Gasteiger partial charge in [-0.1, -0.05) is 24.3 Å². The fraction of sp³-hybridized carbons (Fsp3) is 0.167. The van der Waals surface area contributed by atoms with Gasteiger partial charge in [-0.05, 0) is 66.3 Å². The van der Waals surface area contributed by atoms with Crippen LogP contribution in [0.15, 0.2) is 72.8 Å². The van der Waals surface area contributed by atoms with E-state index in [9.17, 15) is 4.39 Å². The smallest absolute Gasteiger partial charge is 0.173 e. The molecular formula is C24H23FN4OS. The third-order valence-electron chi connectivity index (χ3n) is 4.97. The van der Waals surface area contributed by atoms with Gasteiger partial charge in [-0.3, -0.25) is 0 Å². The van der Waals surface area contributed by atoms with Crippen LogP contribution in [0.2, 0.25) is 0 Å².